The van der Waals surface area contributed by atoms with Crippen molar-refractivity contribution in [3.63, 3.8) is 0 Å². The largest absolute Gasteiger partial charge is 0.495 e. The van der Waals surface area contributed by atoms with Crippen LogP contribution in [0.5, 0.6) is 5.75 Å². The summed E-state index contributed by atoms with van der Waals surface area (Å²) in [7, 11) is -2.17. The van der Waals surface area contributed by atoms with Crippen LogP contribution < -0.4 is 10.1 Å². The smallest absolute Gasteiger partial charge is 0.255 e. The Hall–Kier alpha value is -2.89. The second-order valence-corrected chi connectivity index (χ2v) is 8.41. The molecule has 0 bridgehead atoms. The lowest BCUT2D eigenvalue weighted by Gasteiger charge is -2.26. The Morgan fingerprint density at radius 3 is 2.57 bits per heavy atom. The minimum absolute atomic E-state index is 0.0970. The first kappa shape index (κ1) is 19.9. The average molecular weight is 399 g/mol. The fraction of sp³-hybridized carbons (Fsp3) is 0.300. The SMILES string of the molecule is COc1ccc(C#N)cc1NC(=O)c1cccc(S(=O)(=O)N2CCCCC2)c1. The number of nitriles is 1. The van der Waals surface area contributed by atoms with Gasteiger partial charge in [0.2, 0.25) is 10.0 Å². The number of amides is 1. The van der Waals surface area contributed by atoms with Gasteiger partial charge in [0.15, 0.2) is 0 Å². The quantitative estimate of drug-likeness (QED) is 0.833. The van der Waals surface area contributed by atoms with E-state index in [1.165, 1.54) is 29.6 Å². The lowest BCUT2D eigenvalue weighted by atomic mass is 10.1. The molecule has 1 saturated heterocycles. The van der Waals surface area contributed by atoms with Gasteiger partial charge in [0, 0.05) is 18.7 Å². The van der Waals surface area contributed by atoms with Crippen molar-refractivity contribution in [2.75, 3.05) is 25.5 Å². The van der Waals surface area contributed by atoms with Gasteiger partial charge in [-0.2, -0.15) is 9.57 Å². The first-order valence-corrected chi connectivity index (χ1v) is 10.4. The van der Waals surface area contributed by atoms with Crippen LogP contribution in [-0.4, -0.2) is 38.8 Å². The molecule has 0 radical (unpaired) electrons. The number of piperidine rings is 1. The normalized spacial score (nSPS) is 14.9. The molecule has 1 aliphatic rings. The van der Waals surface area contributed by atoms with Gasteiger partial charge < -0.3 is 10.1 Å². The summed E-state index contributed by atoms with van der Waals surface area (Å²) in [6, 6.07) is 12.7. The summed E-state index contributed by atoms with van der Waals surface area (Å²) in [5.74, 6) is -0.0754. The monoisotopic (exact) mass is 399 g/mol. The Kier molecular flexibility index (Phi) is 5.97. The summed E-state index contributed by atoms with van der Waals surface area (Å²) in [6.45, 7) is 0.994. The summed E-state index contributed by atoms with van der Waals surface area (Å²) < 4.78 is 32.4. The molecule has 146 valence electrons. The van der Waals surface area contributed by atoms with Gasteiger partial charge in [-0.1, -0.05) is 12.5 Å². The molecule has 0 atom stereocenters. The van der Waals surface area contributed by atoms with E-state index in [2.05, 4.69) is 5.32 Å². The molecule has 0 spiro atoms. The summed E-state index contributed by atoms with van der Waals surface area (Å²) >= 11 is 0. The second kappa shape index (κ2) is 8.42. The number of rotatable bonds is 5. The van der Waals surface area contributed by atoms with Gasteiger partial charge in [0.1, 0.15) is 5.75 Å². The van der Waals surface area contributed by atoms with Crippen LogP contribution in [0.4, 0.5) is 5.69 Å². The third-order valence-electron chi connectivity index (χ3n) is 4.63. The van der Waals surface area contributed by atoms with Crippen LogP contribution >= 0.6 is 0 Å². The predicted molar refractivity (Wildman–Crippen MR) is 105 cm³/mol. The van der Waals surface area contributed by atoms with Gasteiger partial charge in [-0.05, 0) is 49.2 Å². The molecule has 3 rings (SSSR count). The number of sulfonamides is 1. The van der Waals surface area contributed by atoms with E-state index in [1.807, 2.05) is 6.07 Å². The van der Waals surface area contributed by atoms with E-state index in [0.29, 0.717) is 30.1 Å². The maximum absolute atomic E-state index is 12.8. The minimum Gasteiger partial charge on any atom is -0.495 e. The highest BCUT2D eigenvalue weighted by molar-refractivity contribution is 7.89. The van der Waals surface area contributed by atoms with Crippen molar-refractivity contribution in [1.29, 1.82) is 5.26 Å². The molecule has 7 nitrogen and oxygen atoms in total. The predicted octanol–water partition coefficient (Wildman–Crippen LogP) is 2.99. The molecule has 0 aromatic heterocycles. The average Bonchev–Trinajstić information content (AvgIpc) is 2.74. The van der Waals surface area contributed by atoms with Gasteiger partial charge in [-0.25, -0.2) is 8.42 Å². The van der Waals surface area contributed by atoms with Gasteiger partial charge in [-0.15, -0.1) is 0 Å². The van der Waals surface area contributed by atoms with Crippen LogP contribution in [0.2, 0.25) is 0 Å². The number of anilines is 1. The molecule has 1 N–H and O–H groups in total. The number of methoxy groups -OCH3 is 1. The number of hydrogen-bond acceptors (Lipinski definition) is 5. The standard InChI is InChI=1S/C20H21N3O4S/c1-27-19-9-8-15(14-21)12-18(19)22-20(24)16-6-5-7-17(13-16)28(25,26)23-10-3-2-4-11-23/h5-9,12-13H,2-4,10-11H2,1H3,(H,22,24). The number of hydrogen-bond donors (Lipinski definition) is 1. The van der Waals surface area contributed by atoms with Crippen molar-refractivity contribution in [3.05, 3.63) is 53.6 Å². The highest BCUT2D eigenvalue weighted by Gasteiger charge is 2.26. The third-order valence-corrected chi connectivity index (χ3v) is 6.52. The molecule has 0 unspecified atom stereocenters. The zero-order chi connectivity index (χ0) is 20.1. The van der Waals surface area contributed by atoms with E-state index < -0.39 is 15.9 Å². The van der Waals surface area contributed by atoms with E-state index in [-0.39, 0.29) is 10.5 Å². The Labute approximate surface area is 164 Å². The molecule has 8 heteroatoms. The first-order chi connectivity index (χ1) is 13.5. The minimum atomic E-state index is -3.63. The Morgan fingerprint density at radius 1 is 1.14 bits per heavy atom. The number of carbonyl (C=O) groups excluding carboxylic acids is 1. The van der Waals surface area contributed by atoms with Crippen molar-refractivity contribution in [3.8, 4) is 11.8 Å². The molecular formula is C20H21N3O4S. The van der Waals surface area contributed by atoms with Crippen LogP contribution in [0, 0.1) is 11.3 Å². The molecule has 1 amide bonds. The fourth-order valence-electron chi connectivity index (χ4n) is 3.12. The Balaban J connectivity index is 1.86. The summed E-state index contributed by atoms with van der Waals surface area (Å²) in [4.78, 5) is 12.8. The number of nitrogens with zero attached hydrogens (tertiary/aromatic N) is 2. The maximum Gasteiger partial charge on any atom is 0.255 e. The third kappa shape index (κ3) is 4.16. The lowest BCUT2D eigenvalue weighted by molar-refractivity contribution is 0.102. The van der Waals surface area contributed by atoms with Crippen molar-refractivity contribution in [1.82, 2.24) is 4.31 Å². The highest BCUT2D eigenvalue weighted by atomic mass is 32.2. The van der Waals surface area contributed by atoms with Crippen molar-refractivity contribution >= 4 is 21.6 Å². The highest BCUT2D eigenvalue weighted by Crippen LogP contribution is 2.26. The Bertz CT molecular complexity index is 1020. The second-order valence-electron chi connectivity index (χ2n) is 6.47. The van der Waals surface area contributed by atoms with Crippen LogP contribution in [0.1, 0.15) is 35.2 Å². The van der Waals surface area contributed by atoms with Gasteiger partial charge in [0.25, 0.3) is 5.91 Å². The van der Waals surface area contributed by atoms with Gasteiger partial charge in [-0.3, -0.25) is 4.79 Å². The van der Waals surface area contributed by atoms with Crippen LogP contribution in [0.3, 0.4) is 0 Å². The molecule has 2 aromatic rings. The number of ether oxygens (including phenoxy) is 1. The van der Waals surface area contributed by atoms with Gasteiger partial charge in [0.05, 0.1) is 29.3 Å². The van der Waals surface area contributed by atoms with Crippen LogP contribution in [-0.2, 0) is 10.0 Å². The van der Waals surface area contributed by atoms with E-state index >= 15 is 0 Å². The number of benzene rings is 2. The van der Waals surface area contributed by atoms with E-state index in [4.69, 9.17) is 10.00 Å². The lowest BCUT2D eigenvalue weighted by Crippen LogP contribution is -2.35. The van der Waals surface area contributed by atoms with Crippen LogP contribution in [0.25, 0.3) is 0 Å². The maximum atomic E-state index is 12.8. The summed E-state index contributed by atoms with van der Waals surface area (Å²) in [5.41, 5.74) is 0.927. The van der Waals surface area contributed by atoms with Gasteiger partial charge >= 0.3 is 0 Å². The molecule has 28 heavy (non-hydrogen) atoms. The number of carbonyl (C=O) groups is 1. The van der Waals surface area contributed by atoms with Crippen molar-refractivity contribution in [2.45, 2.75) is 24.2 Å². The Morgan fingerprint density at radius 2 is 1.89 bits per heavy atom. The van der Waals surface area contributed by atoms with Crippen LogP contribution in [0.15, 0.2) is 47.4 Å². The summed E-state index contributed by atoms with van der Waals surface area (Å²) in [6.07, 6.45) is 2.71. The number of nitrogens with one attached hydrogen (secondary N) is 1. The molecule has 0 aliphatic carbocycles. The van der Waals surface area contributed by atoms with E-state index in [0.717, 1.165) is 19.3 Å². The van der Waals surface area contributed by atoms with Crippen molar-refractivity contribution < 1.29 is 17.9 Å². The van der Waals surface area contributed by atoms with Crippen molar-refractivity contribution in [2.24, 2.45) is 0 Å². The molecule has 2 aromatic carbocycles. The van der Waals surface area contributed by atoms with E-state index in [1.54, 1.807) is 24.3 Å². The zero-order valence-electron chi connectivity index (χ0n) is 15.5. The molecular weight excluding hydrogens is 378 g/mol. The molecule has 1 fully saturated rings. The zero-order valence-corrected chi connectivity index (χ0v) is 16.3. The topological polar surface area (TPSA) is 99.5 Å². The fourth-order valence-corrected chi connectivity index (χ4v) is 4.69. The molecule has 1 heterocycles. The summed E-state index contributed by atoms with van der Waals surface area (Å²) in [5, 5.41) is 11.7. The molecule has 1 aliphatic heterocycles. The first-order valence-electron chi connectivity index (χ1n) is 8.95. The van der Waals surface area contributed by atoms with E-state index in [9.17, 15) is 13.2 Å². The molecule has 0 saturated carbocycles.